The summed E-state index contributed by atoms with van der Waals surface area (Å²) in [6.45, 7) is 5.45. The van der Waals surface area contributed by atoms with Crippen LogP contribution in [0.5, 0.6) is 5.75 Å². The van der Waals surface area contributed by atoms with Crippen molar-refractivity contribution in [2.24, 2.45) is 0 Å². The lowest BCUT2D eigenvalue weighted by Gasteiger charge is -2.34. The molecule has 0 spiro atoms. The minimum absolute atomic E-state index is 0.00445. The van der Waals surface area contributed by atoms with Gasteiger partial charge in [0, 0.05) is 12.6 Å². The van der Waals surface area contributed by atoms with Crippen LogP contribution in [-0.4, -0.2) is 50.9 Å². The molecule has 1 unspecified atom stereocenters. The Morgan fingerprint density at radius 1 is 1.00 bits per heavy atom. The summed E-state index contributed by atoms with van der Waals surface area (Å²) in [5.74, 6) is -0.189. The van der Waals surface area contributed by atoms with Crippen LogP contribution in [0.2, 0.25) is 0 Å². The fourth-order valence-electron chi connectivity index (χ4n) is 5.47. The zero-order chi connectivity index (χ0) is 31.1. The minimum atomic E-state index is -4.19. The van der Waals surface area contributed by atoms with Crippen molar-refractivity contribution in [2.45, 2.75) is 76.4 Å². The van der Waals surface area contributed by atoms with E-state index in [-0.39, 0.29) is 23.4 Å². The fourth-order valence-corrected chi connectivity index (χ4v) is 7.60. The number of hydrogen-bond donors (Lipinski definition) is 1. The Balaban J connectivity index is 1.73. The number of hydrogen-bond acceptors (Lipinski definition) is 5. The van der Waals surface area contributed by atoms with Gasteiger partial charge >= 0.3 is 0 Å². The summed E-state index contributed by atoms with van der Waals surface area (Å²) in [5, 5.41) is 3.14. The number of nitrogens with one attached hydrogen (secondary N) is 1. The Labute approximate surface area is 263 Å². The highest BCUT2D eigenvalue weighted by molar-refractivity contribution is 9.10. The highest BCUT2D eigenvalue weighted by Gasteiger charge is 2.34. The van der Waals surface area contributed by atoms with Gasteiger partial charge in [-0.3, -0.25) is 13.9 Å². The average Bonchev–Trinajstić information content (AvgIpc) is 3.49. The molecule has 3 aromatic carbocycles. The maximum absolute atomic E-state index is 14.3. The second-order valence-electron chi connectivity index (χ2n) is 11.1. The fraction of sp³-hybridized carbons (Fsp3) is 0.394. The van der Waals surface area contributed by atoms with E-state index in [0.717, 1.165) is 46.7 Å². The molecule has 0 bridgehead atoms. The predicted octanol–water partition coefficient (Wildman–Crippen LogP) is 6.14. The first-order valence-corrected chi connectivity index (χ1v) is 16.8. The van der Waals surface area contributed by atoms with Crippen molar-refractivity contribution in [1.82, 2.24) is 10.2 Å². The van der Waals surface area contributed by atoms with Crippen LogP contribution in [0.1, 0.15) is 55.7 Å². The van der Waals surface area contributed by atoms with Crippen molar-refractivity contribution in [1.29, 1.82) is 0 Å². The van der Waals surface area contributed by atoms with Gasteiger partial charge in [0.2, 0.25) is 11.8 Å². The number of carbonyl (C=O) groups is 2. The Morgan fingerprint density at radius 3 is 2.30 bits per heavy atom. The number of ether oxygens (including phenoxy) is 1. The first kappa shape index (κ1) is 32.5. The topological polar surface area (TPSA) is 96.0 Å². The van der Waals surface area contributed by atoms with E-state index in [4.69, 9.17) is 4.74 Å². The lowest BCUT2D eigenvalue weighted by atomic mass is 10.1. The molecule has 1 saturated carbocycles. The SMILES string of the molecule is CCC(C(=O)NC1CCCC1)N(Cc1cccc(C)c1)C(=O)CN(c1ccc(C)cc1)S(=O)(=O)c1ccc(OC)c(Br)c1. The zero-order valence-corrected chi connectivity index (χ0v) is 27.6. The molecule has 2 amide bonds. The van der Waals surface area contributed by atoms with Crippen molar-refractivity contribution < 1.29 is 22.7 Å². The third-order valence-electron chi connectivity index (χ3n) is 7.83. The molecule has 0 heterocycles. The zero-order valence-electron chi connectivity index (χ0n) is 25.2. The predicted molar refractivity (Wildman–Crippen MR) is 173 cm³/mol. The van der Waals surface area contributed by atoms with Gasteiger partial charge in [-0.25, -0.2) is 8.42 Å². The summed E-state index contributed by atoms with van der Waals surface area (Å²) < 4.78 is 35.2. The molecule has 1 atom stereocenters. The minimum Gasteiger partial charge on any atom is -0.496 e. The molecular weight excluding hydrogens is 630 g/mol. The van der Waals surface area contributed by atoms with Gasteiger partial charge in [0.15, 0.2) is 0 Å². The Kier molecular flexibility index (Phi) is 10.9. The number of carbonyl (C=O) groups excluding carboxylic acids is 2. The van der Waals surface area contributed by atoms with Gasteiger partial charge in [0.25, 0.3) is 10.0 Å². The number of aryl methyl sites for hydroxylation is 2. The largest absolute Gasteiger partial charge is 0.496 e. The van der Waals surface area contributed by atoms with E-state index in [2.05, 4.69) is 21.2 Å². The third-order valence-corrected chi connectivity index (χ3v) is 10.2. The summed E-state index contributed by atoms with van der Waals surface area (Å²) in [4.78, 5) is 29.4. The molecule has 0 radical (unpaired) electrons. The van der Waals surface area contributed by atoms with Crippen molar-refractivity contribution in [3.63, 3.8) is 0 Å². The molecular formula is C33H40BrN3O5S. The number of rotatable bonds is 12. The number of amides is 2. The molecule has 0 aromatic heterocycles. The average molecular weight is 671 g/mol. The molecule has 0 aliphatic heterocycles. The van der Waals surface area contributed by atoms with Crippen LogP contribution in [0.3, 0.4) is 0 Å². The van der Waals surface area contributed by atoms with Crippen LogP contribution in [0, 0.1) is 13.8 Å². The molecule has 10 heteroatoms. The highest BCUT2D eigenvalue weighted by atomic mass is 79.9. The molecule has 0 saturated heterocycles. The molecule has 1 aliphatic carbocycles. The number of benzene rings is 3. The third kappa shape index (κ3) is 7.97. The maximum Gasteiger partial charge on any atom is 0.264 e. The van der Waals surface area contributed by atoms with Crippen molar-refractivity contribution in [3.05, 3.63) is 87.9 Å². The number of methoxy groups -OCH3 is 1. The van der Waals surface area contributed by atoms with Crippen LogP contribution in [0.25, 0.3) is 0 Å². The smallest absolute Gasteiger partial charge is 0.264 e. The van der Waals surface area contributed by atoms with E-state index >= 15 is 0 Å². The monoisotopic (exact) mass is 669 g/mol. The number of nitrogens with zero attached hydrogens (tertiary/aromatic N) is 2. The quantitative estimate of drug-likeness (QED) is 0.250. The van der Waals surface area contributed by atoms with Gasteiger partial charge in [-0.1, -0.05) is 67.3 Å². The number of sulfonamides is 1. The molecule has 8 nitrogen and oxygen atoms in total. The Hall–Kier alpha value is -3.37. The second-order valence-corrected chi connectivity index (χ2v) is 13.8. The van der Waals surface area contributed by atoms with Gasteiger partial charge in [-0.2, -0.15) is 0 Å². The highest BCUT2D eigenvalue weighted by Crippen LogP contribution is 2.31. The summed E-state index contributed by atoms with van der Waals surface area (Å²) in [6.07, 6.45) is 4.37. The van der Waals surface area contributed by atoms with E-state index < -0.39 is 28.5 Å². The second kappa shape index (κ2) is 14.4. The summed E-state index contributed by atoms with van der Waals surface area (Å²) in [7, 11) is -2.69. The van der Waals surface area contributed by atoms with Gasteiger partial charge in [0.1, 0.15) is 18.3 Å². The molecule has 3 aromatic rings. The van der Waals surface area contributed by atoms with E-state index in [1.807, 2.05) is 45.0 Å². The first-order valence-electron chi connectivity index (χ1n) is 14.6. The first-order chi connectivity index (χ1) is 20.5. The van der Waals surface area contributed by atoms with E-state index in [1.54, 1.807) is 30.3 Å². The molecule has 1 fully saturated rings. The lowest BCUT2D eigenvalue weighted by Crippen LogP contribution is -2.53. The summed E-state index contributed by atoms with van der Waals surface area (Å²) in [6, 6.07) is 18.6. The van der Waals surface area contributed by atoms with Crippen LogP contribution >= 0.6 is 15.9 Å². The number of halogens is 1. The van der Waals surface area contributed by atoms with E-state index in [0.29, 0.717) is 22.3 Å². The molecule has 230 valence electrons. The van der Waals surface area contributed by atoms with E-state index in [1.165, 1.54) is 24.1 Å². The molecule has 1 aliphatic rings. The summed E-state index contributed by atoms with van der Waals surface area (Å²) in [5.41, 5.74) is 3.20. The van der Waals surface area contributed by atoms with Crippen molar-refractivity contribution >= 4 is 43.5 Å². The van der Waals surface area contributed by atoms with Crippen LogP contribution in [0.15, 0.2) is 76.1 Å². The standard InChI is InChI=1S/C33H40BrN3O5S/c1-5-30(33(39)35-26-11-6-7-12-26)36(21-25-10-8-9-24(3)19-25)32(38)22-37(27-15-13-23(2)14-16-27)43(40,41)28-17-18-31(42-4)29(34)20-28/h8-10,13-20,26,30H,5-7,11-12,21-22H2,1-4H3,(H,35,39). The van der Waals surface area contributed by atoms with Gasteiger partial charge < -0.3 is 15.0 Å². The van der Waals surface area contributed by atoms with Crippen molar-refractivity contribution in [2.75, 3.05) is 18.0 Å². The van der Waals surface area contributed by atoms with Crippen molar-refractivity contribution in [3.8, 4) is 5.75 Å². The Bertz CT molecular complexity index is 1540. The normalized spacial score (nSPS) is 14.3. The van der Waals surface area contributed by atoms with Crippen LogP contribution in [0.4, 0.5) is 5.69 Å². The maximum atomic E-state index is 14.3. The van der Waals surface area contributed by atoms with E-state index in [9.17, 15) is 18.0 Å². The number of anilines is 1. The van der Waals surface area contributed by atoms with Gasteiger partial charge in [0.05, 0.1) is 22.2 Å². The van der Waals surface area contributed by atoms with Gasteiger partial charge in [-0.05, 0) is 84.9 Å². The molecule has 43 heavy (non-hydrogen) atoms. The Morgan fingerprint density at radius 2 is 1.70 bits per heavy atom. The van der Waals surface area contributed by atoms with Crippen LogP contribution < -0.4 is 14.4 Å². The molecule has 4 rings (SSSR count). The van der Waals surface area contributed by atoms with Crippen LogP contribution in [-0.2, 0) is 26.2 Å². The van der Waals surface area contributed by atoms with Gasteiger partial charge in [-0.15, -0.1) is 0 Å². The molecule has 1 N–H and O–H groups in total. The summed E-state index contributed by atoms with van der Waals surface area (Å²) >= 11 is 3.38. The lowest BCUT2D eigenvalue weighted by molar-refractivity contribution is -0.140.